The van der Waals surface area contributed by atoms with Crippen molar-refractivity contribution in [2.45, 2.75) is 19.0 Å². The Balaban J connectivity index is 1.61. The molecule has 0 fully saturated rings. The second-order valence-electron chi connectivity index (χ2n) is 6.82. The van der Waals surface area contributed by atoms with Crippen molar-refractivity contribution in [2.75, 3.05) is 13.1 Å². The van der Waals surface area contributed by atoms with Gasteiger partial charge in [-0.1, -0.05) is 60.7 Å². The Labute approximate surface area is 153 Å². The lowest BCUT2D eigenvalue weighted by Gasteiger charge is -2.33. The van der Waals surface area contributed by atoms with E-state index in [1.807, 2.05) is 16.7 Å². The molecule has 0 saturated heterocycles. The van der Waals surface area contributed by atoms with Gasteiger partial charge in [0.1, 0.15) is 0 Å². The van der Waals surface area contributed by atoms with Crippen LogP contribution in [-0.2, 0) is 13.1 Å². The van der Waals surface area contributed by atoms with Crippen LogP contribution in [0.1, 0.15) is 22.7 Å². The molecule has 4 heteroatoms. The van der Waals surface area contributed by atoms with Gasteiger partial charge in [-0.05, 0) is 11.1 Å². The van der Waals surface area contributed by atoms with Gasteiger partial charge in [-0.15, -0.1) is 0 Å². The van der Waals surface area contributed by atoms with Crippen molar-refractivity contribution >= 4 is 0 Å². The van der Waals surface area contributed by atoms with Gasteiger partial charge in [0.2, 0.25) is 5.43 Å². The molecule has 0 aliphatic carbocycles. The summed E-state index contributed by atoms with van der Waals surface area (Å²) in [5.74, 6) is 0.112. The highest BCUT2D eigenvalue weighted by Crippen LogP contribution is 2.27. The molecule has 4 nitrogen and oxygen atoms in total. The zero-order valence-electron chi connectivity index (χ0n) is 14.6. The molecule has 1 aliphatic rings. The van der Waals surface area contributed by atoms with Crippen LogP contribution >= 0.6 is 0 Å². The molecule has 1 N–H and O–H groups in total. The van der Waals surface area contributed by atoms with Crippen LogP contribution in [0.25, 0.3) is 0 Å². The summed E-state index contributed by atoms with van der Waals surface area (Å²) in [4.78, 5) is 14.2. The maximum absolute atomic E-state index is 11.8. The Bertz CT molecular complexity index is 896. The summed E-state index contributed by atoms with van der Waals surface area (Å²) in [5, 5.41) is 9.64. The van der Waals surface area contributed by atoms with Gasteiger partial charge >= 0.3 is 0 Å². The molecule has 0 unspecified atom stereocenters. The van der Waals surface area contributed by atoms with Crippen molar-refractivity contribution in [3.05, 3.63) is 100.0 Å². The zero-order chi connectivity index (χ0) is 17.9. The maximum atomic E-state index is 11.8. The largest absolute Gasteiger partial charge is 0.503 e. The topological polar surface area (TPSA) is 45.5 Å². The smallest absolute Gasteiger partial charge is 0.223 e. The standard InChI is InChI=1S/C22H22N2O2/c25-21-13-19-14-23(11-12-24(19)16-22(21)26)15-20(17-7-3-1-4-8-17)18-9-5-2-6-10-18/h1-10,13,16,20,26H,11-12,14-15H2. The molecule has 1 aromatic heterocycles. The third-order valence-corrected chi connectivity index (χ3v) is 5.08. The van der Waals surface area contributed by atoms with Crippen molar-refractivity contribution in [3.63, 3.8) is 0 Å². The van der Waals surface area contributed by atoms with E-state index in [0.29, 0.717) is 6.54 Å². The van der Waals surface area contributed by atoms with Crippen molar-refractivity contribution in [1.29, 1.82) is 0 Å². The predicted molar refractivity (Wildman–Crippen MR) is 102 cm³/mol. The summed E-state index contributed by atoms with van der Waals surface area (Å²) in [7, 11) is 0. The minimum absolute atomic E-state index is 0.173. The van der Waals surface area contributed by atoms with Gasteiger partial charge in [-0.3, -0.25) is 9.69 Å². The van der Waals surface area contributed by atoms with E-state index in [1.165, 1.54) is 11.1 Å². The van der Waals surface area contributed by atoms with Crippen molar-refractivity contribution in [1.82, 2.24) is 9.47 Å². The molecule has 2 heterocycles. The molecule has 2 aromatic carbocycles. The first-order valence-corrected chi connectivity index (χ1v) is 8.95. The number of pyridine rings is 1. The Morgan fingerprint density at radius 2 is 1.54 bits per heavy atom. The molecule has 0 bridgehead atoms. The van der Waals surface area contributed by atoms with Gasteiger partial charge in [-0.2, -0.15) is 0 Å². The van der Waals surface area contributed by atoms with Gasteiger partial charge in [-0.25, -0.2) is 0 Å². The Morgan fingerprint density at radius 1 is 0.923 bits per heavy atom. The van der Waals surface area contributed by atoms with E-state index in [9.17, 15) is 9.90 Å². The molecule has 0 spiro atoms. The Kier molecular flexibility index (Phi) is 4.59. The average Bonchev–Trinajstić information content (AvgIpc) is 2.68. The highest BCUT2D eigenvalue weighted by molar-refractivity contribution is 5.33. The van der Waals surface area contributed by atoms with E-state index in [-0.39, 0.29) is 17.1 Å². The number of hydrogen-bond donors (Lipinski definition) is 1. The summed E-state index contributed by atoms with van der Waals surface area (Å²) in [5.41, 5.74) is 3.25. The lowest BCUT2D eigenvalue weighted by molar-refractivity contribution is 0.212. The summed E-state index contributed by atoms with van der Waals surface area (Å²) >= 11 is 0. The monoisotopic (exact) mass is 346 g/mol. The van der Waals surface area contributed by atoms with Crippen LogP contribution in [0, 0.1) is 0 Å². The average molecular weight is 346 g/mol. The lowest BCUT2D eigenvalue weighted by Crippen LogP contribution is -2.37. The number of aromatic hydroxyl groups is 1. The van der Waals surface area contributed by atoms with Crippen LogP contribution in [0.3, 0.4) is 0 Å². The SMILES string of the molecule is O=c1cc2n(cc1O)CCN(CC(c1ccccc1)c1ccccc1)C2. The van der Waals surface area contributed by atoms with E-state index in [2.05, 4.69) is 53.4 Å². The second kappa shape index (κ2) is 7.18. The van der Waals surface area contributed by atoms with Crippen LogP contribution in [0.4, 0.5) is 0 Å². The van der Waals surface area contributed by atoms with Crippen molar-refractivity contribution < 1.29 is 5.11 Å². The summed E-state index contributed by atoms with van der Waals surface area (Å²) in [6.07, 6.45) is 1.56. The van der Waals surface area contributed by atoms with Crippen molar-refractivity contribution in [3.8, 4) is 5.75 Å². The molecular formula is C22H22N2O2. The van der Waals surface area contributed by atoms with Crippen LogP contribution in [0.15, 0.2) is 77.7 Å². The van der Waals surface area contributed by atoms with Gasteiger partial charge in [0.15, 0.2) is 5.75 Å². The summed E-state index contributed by atoms with van der Waals surface area (Å²) in [6, 6.07) is 22.7. The van der Waals surface area contributed by atoms with E-state index < -0.39 is 0 Å². The first-order valence-electron chi connectivity index (χ1n) is 8.95. The number of hydrogen-bond acceptors (Lipinski definition) is 3. The number of rotatable bonds is 4. The maximum Gasteiger partial charge on any atom is 0.223 e. The third kappa shape index (κ3) is 3.41. The molecule has 3 aromatic rings. The number of fused-ring (bicyclic) bond motifs is 1. The van der Waals surface area contributed by atoms with Crippen LogP contribution in [0.2, 0.25) is 0 Å². The molecule has 0 atom stereocenters. The second-order valence-corrected chi connectivity index (χ2v) is 6.82. The highest BCUT2D eigenvalue weighted by Gasteiger charge is 2.22. The van der Waals surface area contributed by atoms with Crippen LogP contribution in [0.5, 0.6) is 5.75 Å². The first-order chi connectivity index (χ1) is 12.7. The molecule has 0 saturated carbocycles. The molecule has 132 valence electrons. The molecule has 26 heavy (non-hydrogen) atoms. The molecule has 0 radical (unpaired) electrons. The molecular weight excluding hydrogens is 324 g/mol. The van der Waals surface area contributed by atoms with Gasteiger partial charge in [0.05, 0.1) is 6.20 Å². The van der Waals surface area contributed by atoms with Crippen LogP contribution in [-0.4, -0.2) is 27.7 Å². The number of aromatic nitrogens is 1. The third-order valence-electron chi connectivity index (χ3n) is 5.08. The Hall–Kier alpha value is -2.85. The Morgan fingerprint density at radius 3 is 2.15 bits per heavy atom. The van der Waals surface area contributed by atoms with E-state index in [1.54, 1.807) is 12.3 Å². The minimum Gasteiger partial charge on any atom is -0.503 e. The van der Waals surface area contributed by atoms with E-state index in [4.69, 9.17) is 0 Å². The van der Waals surface area contributed by atoms with E-state index in [0.717, 1.165) is 25.3 Å². The molecule has 4 rings (SSSR count). The molecule has 0 amide bonds. The summed E-state index contributed by atoms with van der Waals surface area (Å²) in [6.45, 7) is 3.28. The number of nitrogens with zero attached hydrogens (tertiary/aromatic N) is 2. The van der Waals surface area contributed by atoms with Crippen molar-refractivity contribution in [2.24, 2.45) is 0 Å². The lowest BCUT2D eigenvalue weighted by atomic mass is 9.90. The fourth-order valence-electron chi connectivity index (χ4n) is 3.69. The van der Waals surface area contributed by atoms with Gasteiger partial charge in [0.25, 0.3) is 0 Å². The molecule has 1 aliphatic heterocycles. The van der Waals surface area contributed by atoms with Gasteiger partial charge < -0.3 is 9.67 Å². The van der Waals surface area contributed by atoms with E-state index >= 15 is 0 Å². The highest BCUT2D eigenvalue weighted by atomic mass is 16.3. The minimum atomic E-state index is -0.305. The predicted octanol–water partition coefficient (Wildman–Crippen LogP) is 3.20. The van der Waals surface area contributed by atoms with Gasteiger partial charge in [0, 0.05) is 43.9 Å². The first kappa shape index (κ1) is 16.6. The normalized spacial score (nSPS) is 14.3. The quantitative estimate of drug-likeness (QED) is 0.789. The summed E-state index contributed by atoms with van der Waals surface area (Å²) < 4.78 is 1.98. The zero-order valence-corrected chi connectivity index (χ0v) is 14.6. The fourth-order valence-corrected chi connectivity index (χ4v) is 3.69. The fraction of sp³-hybridized carbons (Fsp3) is 0.227. The number of benzene rings is 2. The van der Waals surface area contributed by atoms with Crippen LogP contribution < -0.4 is 5.43 Å².